The molecular weight excluding hydrogens is 270 g/mol. The molecule has 7 heteroatoms. The van der Waals surface area contributed by atoms with Crippen LogP contribution in [0.4, 0.5) is 5.69 Å². The molecule has 2 N–H and O–H groups in total. The SMILES string of the molecule is Cc1nc2ccc(NC(=O)c3ccc(=O)[nH]n3)cn2c1C. The summed E-state index contributed by atoms with van der Waals surface area (Å²) in [6.45, 7) is 3.90. The van der Waals surface area contributed by atoms with Gasteiger partial charge in [-0.25, -0.2) is 10.1 Å². The number of rotatable bonds is 2. The van der Waals surface area contributed by atoms with E-state index in [0.717, 1.165) is 17.0 Å². The number of hydrogen-bond acceptors (Lipinski definition) is 4. The zero-order chi connectivity index (χ0) is 15.0. The number of imidazole rings is 1. The molecule has 0 fully saturated rings. The molecule has 0 radical (unpaired) electrons. The van der Waals surface area contributed by atoms with Gasteiger partial charge in [-0.3, -0.25) is 9.59 Å². The number of nitrogens with zero attached hydrogens (tertiary/aromatic N) is 3. The van der Waals surface area contributed by atoms with E-state index in [2.05, 4.69) is 20.5 Å². The Bertz CT molecular complexity index is 874. The minimum Gasteiger partial charge on any atom is -0.319 e. The van der Waals surface area contributed by atoms with Crippen LogP contribution in [0.1, 0.15) is 21.9 Å². The third-order valence-electron chi connectivity index (χ3n) is 3.26. The lowest BCUT2D eigenvalue weighted by Crippen LogP contribution is -2.17. The maximum Gasteiger partial charge on any atom is 0.276 e. The first-order chi connectivity index (χ1) is 10.0. The fourth-order valence-corrected chi connectivity index (χ4v) is 2.02. The second-order valence-electron chi connectivity index (χ2n) is 4.69. The zero-order valence-corrected chi connectivity index (χ0v) is 11.5. The van der Waals surface area contributed by atoms with Crippen LogP contribution in [0.25, 0.3) is 5.65 Å². The summed E-state index contributed by atoms with van der Waals surface area (Å²) in [5.41, 5.74) is 3.21. The fourth-order valence-electron chi connectivity index (χ4n) is 2.02. The smallest absolute Gasteiger partial charge is 0.276 e. The molecule has 3 rings (SSSR count). The molecule has 0 saturated heterocycles. The van der Waals surface area contributed by atoms with Crippen molar-refractivity contribution < 1.29 is 4.79 Å². The topological polar surface area (TPSA) is 92.1 Å². The van der Waals surface area contributed by atoms with Gasteiger partial charge in [0.05, 0.1) is 11.4 Å². The standard InChI is InChI=1S/C14H13N5O2/c1-8-9(2)19-7-10(3-5-12(19)15-8)16-14(21)11-4-6-13(20)18-17-11/h3-7H,1-2H3,(H,16,21)(H,18,20). The Morgan fingerprint density at radius 2 is 2.05 bits per heavy atom. The average molecular weight is 283 g/mol. The molecule has 0 aliphatic heterocycles. The largest absolute Gasteiger partial charge is 0.319 e. The lowest BCUT2D eigenvalue weighted by Gasteiger charge is -2.05. The Labute approximate surface area is 119 Å². The van der Waals surface area contributed by atoms with E-state index in [0.29, 0.717) is 5.69 Å². The van der Waals surface area contributed by atoms with Crippen LogP contribution in [0, 0.1) is 13.8 Å². The molecule has 0 atom stereocenters. The van der Waals surface area contributed by atoms with Crippen molar-refractivity contribution in [1.29, 1.82) is 0 Å². The van der Waals surface area contributed by atoms with Gasteiger partial charge in [0, 0.05) is 18.0 Å². The highest BCUT2D eigenvalue weighted by Crippen LogP contribution is 2.15. The third-order valence-corrected chi connectivity index (χ3v) is 3.26. The van der Waals surface area contributed by atoms with E-state index in [1.54, 1.807) is 12.3 Å². The van der Waals surface area contributed by atoms with Crippen LogP contribution in [-0.4, -0.2) is 25.5 Å². The number of aromatic amines is 1. The molecule has 0 unspecified atom stereocenters. The molecular formula is C14H13N5O2. The van der Waals surface area contributed by atoms with Crippen LogP contribution in [0.2, 0.25) is 0 Å². The van der Waals surface area contributed by atoms with Crippen molar-refractivity contribution in [3.8, 4) is 0 Å². The van der Waals surface area contributed by atoms with Crippen LogP contribution in [0.3, 0.4) is 0 Å². The number of fused-ring (bicyclic) bond motifs is 1. The summed E-state index contributed by atoms with van der Waals surface area (Å²) < 4.78 is 1.91. The number of amides is 1. The van der Waals surface area contributed by atoms with Gasteiger partial charge >= 0.3 is 0 Å². The van der Waals surface area contributed by atoms with Gasteiger partial charge in [-0.05, 0) is 32.0 Å². The average Bonchev–Trinajstić information content (AvgIpc) is 2.75. The highest BCUT2D eigenvalue weighted by molar-refractivity contribution is 6.02. The van der Waals surface area contributed by atoms with E-state index in [4.69, 9.17) is 0 Å². The van der Waals surface area contributed by atoms with E-state index < -0.39 is 0 Å². The van der Waals surface area contributed by atoms with Crippen molar-refractivity contribution in [2.24, 2.45) is 0 Å². The molecule has 0 aliphatic rings. The van der Waals surface area contributed by atoms with Crippen LogP contribution in [0.5, 0.6) is 0 Å². The first-order valence-corrected chi connectivity index (χ1v) is 6.37. The molecule has 0 spiro atoms. The van der Waals surface area contributed by atoms with Gasteiger partial charge in [0.15, 0.2) is 0 Å². The number of H-pyrrole nitrogens is 1. The quantitative estimate of drug-likeness (QED) is 0.741. The van der Waals surface area contributed by atoms with Gasteiger partial charge in [0.2, 0.25) is 0 Å². The summed E-state index contributed by atoms with van der Waals surface area (Å²) in [4.78, 5) is 27.4. The molecule has 0 bridgehead atoms. The van der Waals surface area contributed by atoms with Crippen molar-refractivity contribution in [2.45, 2.75) is 13.8 Å². The summed E-state index contributed by atoms with van der Waals surface area (Å²) in [6.07, 6.45) is 1.80. The lowest BCUT2D eigenvalue weighted by atomic mass is 10.3. The Kier molecular flexibility index (Phi) is 3.02. The minimum absolute atomic E-state index is 0.147. The van der Waals surface area contributed by atoms with Crippen molar-refractivity contribution in [3.05, 3.63) is 57.9 Å². The Hall–Kier alpha value is -2.96. The van der Waals surface area contributed by atoms with Gasteiger partial charge < -0.3 is 9.72 Å². The van der Waals surface area contributed by atoms with Crippen molar-refractivity contribution in [3.63, 3.8) is 0 Å². The maximum atomic E-state index is 12.0. The van der Waals surface area contributed by atoms with Gasteiger partial charge in [0.25, 0.3) is 11.5 Å². The summed E-state index contributed by atoms with van der Waals surface area (Å²) in [7, 11) is 0. The fraction of sp³-hybridized carbons (Fsp3) is 0.143. The Morgan fingerprint density at radius 1 is 1.24 bits per heavy atom. The number of anilines is 1. The molecule has 0 aliphatic carbocycles. The maximum absolute atomic E-state index is 12.0. The molecule has 106 valence electrons. The van der Waals surface area contributed by atoms with E-state index in [1.807, 2.05) is 24.3 Å². The van der Waals surface area contributed by atoms with Crippen molar-refractivity contribution in [1.82, 2.24) is 19.6 Å². The monoisotopic (exact) mass is 283 g/mol. The lowest BCUT2D eigenvalue weighted by molar-refractivity contribution is 0.102. The molecule has 1 amide bonds. The van der Waals surface area contributed by atoms with Gasteiger partial charge in [-0.15, -0.1) is 0 Å². The molecule has 21 heavy (non-hydrogen) atoms. The molecule has 3 heterocycles. The van der Waals surface area contributed by atoms with Crippen LogP contribution < -0.4 is 10.9 Å². The van der Waals surface area contributed by atoms with Gasteiger partial charge in [-0.2, -0.15) is 5.10 Å². The minimum atomic E-state index is -0.389. The highest BCUT2D eigenvalue weighted by atomic mass is 16.2. The van der Waals surface area contributed by atoms with Gasteiger partial charge in [-0.1, -0.05) is 0 Å². The predicted molar refractivity (Wildman–Crippen MR) is 77.5 cm³/mol. The van der Waals surface area contributed by atoms with E-state index >= 15 is 0 Å². The van der Waals surface area contributed by atoms with E-state index in [1.165, 1.54) is 12.1 Å². The molecule has 3 aromatic heterocycles. The third kappa shape index (κ3) is 2.40. The summed E-state index contributed by atoms with van der Waals surface area (Å²) in [5.74, 6) is -0.389. The normalized spacial score (nSPS) is 10.8. The number of aromatic nitrogens is 4. The second-order valence-corrected chi connectivity index (χ2v) is 4.69. The van der Waals surface area contributed by atoms with Crippen LogP contribution in [0.15, 0.2) is 35.3 Å². The van der Waals surface area contributed by atoms with Gasteiger partial charge in [0.1, 0.15) is 11.3 Å². The summed E-state index contributed by atoms with van der Waals surface area (Å²) in [5, 5.41) is 8.65. The number of pyridine rings is 1. The molecule has 7 nitrogen and oxygen atoms in total. The van der Waals surface area contributed by atoms with Crippen molar-refractivity contribution >= 4 is 17.2 Å². The van der Waals surface area contributed by atoms with Crippen LogP contribution >= 0.6 is 0 Å². The number of carbonyl (C=O) groups is 1. The summed E-state index contributed by atoms with van der Waals surface area (Å²) >= 11 is 0. The first-order valence-electron chi connectivity index (χ1n) is 6.37. The number of nitrogens with one attached hydrogen (secondary N) is 2. The number of carbonyl (C=O) groups excluding carboxylic acids is 1. The highest BCUT2D eigenvalue weighted by Gasteiger charge is 2.10. The number of aryl methyl sites for hydroxylation is 2. The molecule has 3 aromatic rings. The van der Waals surface area contributed by atoms with Crippen LogP contribution in [-0.2, 0) is 0 Å². The van der Waals surface area contributed by atoms with E-state index in [-0.39, 0.29) is 17.2 Å². The first kappa shape index (κ1) is 13.0. The second kappa shape index (κ2) is 4.86. The predicted octanol–water partition coefficient (Wildman–Crippen LogP) is 1.29. The zero-order valence-electron chi connectivity index (χ0n) is 11.5. The Morgan fingerprint density at radius 3 is 2.76 bits per heavy atom. The molecule has 0 saturated carbocycles. The summed E-state index contributed by atoms with van der Waals surface area (Å²) in [6, 6.07) is 6.23. The number of hydrogen-bond donors (Lipinski definition) is 2. The Balaban J connectivity index is 1.90. The van der Waals surface area contributed by atoms with Crippen molar-refractivity contribution in [2.75, 3.05) is 5.32 Å². The molecule has 0 aromatic carbocycles. The van der Waals surface area contributed by atoms with E-state index in [9.17, 15) is 9.59 Å².